The molecule has 0 unspecified atom stereocenters. The summed E-state index contributed by atoms with van der Waals surface area (Å²) in [5.41, 5.74) is 4.60. The van der Waals surface area contributed by atoms with Crippen molar-refractivity contribution in [3.05, 3.63) is 0 Å². The van der Waals surface area contributed by atoms with E-state index in [1.807, 2.05) is 0 Å². The van der Waals surface area contributed by atoms with Gasteiger partial charge in [0.05, 0.1) is 13.2 Å². The maximum atomic E-state index is 10.1. The normalized spacial score (nSPS) is 56.5. The highest BCUT2D eigenvalue weighted by Crippen LogP contribution is 2.58. The van der Waals surface area contributed by atoms with Crippen molar-refractivity contribution in [3.8, 4) is 0 Å². The summed E-state index contributed by atoms with van der Waals surface area (Å²) in [7, 11) is 0. The SMILES string of the molecule is NCC1(O)COC(C2C3CC4CC(C3)CC2C4)OC1. The summed E-state index contributed by atoms with van der Waals surface area (Å²) in [6.45, 7) is 0.870. The van der Waals surface area contributed by atoms with Gasteiger partial charge in [-0.1, -0.05) is 0 Å². The summed E-state index contributed by atoms with van der Waals surface area (Å²) in [6.07, 6.45) is 6.88. The maximum absolute atomic E-state index is 10.1. The second-order valence-corrected chi connectivity index (χ2v) is 7.43. The molecule has 4 nitrogen and oxygen atoms in total. The van der Waals surface area contributed by atoms with Gasteiger partial charge in [-0.15, -0.1) is 0 Å². The van der Waals surface area contributed by atoms with Crippen LogP contribution < -0.4 is 5.73 Å². The molecular formula is C15H25NO3. The van der Waals surface area contributed by atoms with Crippen molar-refractivity contribution >= 4 is 0 Å². The van der Waals surface area contributed by atoms with E-state index in [4.69, 9.17) is 15.2 Å². The van der Waals surface area contributed by atoms with Crippen LogP contribution in [0.1, 0.15) is 32.1 Å². The fourth-order valence-electron chi connectivity index (χ4n) is 5.32. The predicted octanol–water partition coefficient (Wildman–Crippen LogP) is 1.12. The van der Waals surface area contributed by atoms with Crippen molar-refractivity contribution in [1.82, 2.24) is 0 Å². The summed E-state index contributed by atoms with van der Waals surface area (Å²) in [5, 5.41) is 10.1. The Kier molecular flexibility index (Phi) is 2.92. The standard InChI is InChI=1S/C15H25NO3/c16-6-15(17)7-18-14(19-8-15)13-11-2-9-1-10(4-11)5-12(13)3-9/h9-14,17H,1-8,16H2. The van der Waals surface area contributed by atoms with Gasteiger partial charge in [-0.3, -0.25) is 0 Å². The van der Waals surface area contributed by atoms with Crippen LogP contribution in [0.15, 0.2) is 0 Å². The summed E-state index contributed by atoms with van der Waals surface area (Å²) in [6, 6.07) is 0. The van der Waals surface area contributed by atoms with Crippen LogP contribution in [0, 0.1) is 29.6 Å². The van der Waals surface area contributed by atoms with Crippen molar-refractivity contribution in [2.75, 3.05) is 19.8 Å². The lowest BCUT2D eigenvalue weighted by Crippen LogP contribution is -2.57. The van der Waals surface area contributed by atoms with E-state index in [9.17, 15) is 5.11 Å². The Morgan fingerprint density at radius 1 is 0.947 bits per heavy atom. The quantitative estimate of drug-likeness (QED) is 0.787. The molecule has 0 aromatic carbocycles. The molecule has 108 valence electrons. The van der Waals surface area contributed by atoms with Crippen LogP contribution >= 0.6 is 0 Å². The summed E-state index contributed by atoms with van der Waals surface area (Å²) >= 11 is 0. The van der Waals surface area contributed by atoms with Gasteiger partial charge in [0.15, 0.2) is 6.29 Å². The molecule has 5 aliphatic rings. The van der Waals surface area contributed by atoms with Gasteiger partial charge < -0.3 is 20.3 Å². The van der Waals surface area contributed by atoms with Gasteiger partial charge in [0.25, 0.3) is 0 Å². The Labute approximate surface area is 114 Å². The molecule has 19 heavy (non-hydrogen) atoms. The number of hydrogen-bond acceptors (Lipinski definition) is 4. The lowest BCUT2D eigenvalue weighted by atomic mass is 9.51. The van der Waals surface area contributed by atoms with Crippen LogP contribution in [0.2, 0.25) is 0 Å². The minimum absolute atomic E-state index is 0.0955. The van der Waals surface area contributed by atoms with Crippen LogP contribution in [-0.2, 0) is 9.47 Å². The van der Waals surface area contributed by atoms with Crippen molar-refractivity contribution in [2.45, 2.75) is 44.0 Å². The molecule has 1 heterocycles. The monoisotopic (exact) mass is 267 g/mol. The van der Waals surface area contributed by atoms with Crippen molar-refractivity contribution < 1.29 is 14.6 Å². The van der Waals surface area contributed by atoms with E-state index in [-0.39, 0.29) is 12.8 Å². The molecule has 1 saturated heterocycles. The topological polar surface area (TPSA) is 64.7 Å². The fourth-order valence-corrected chi connectivity index (χ4v) is 5.32. The highest BCUT2D eigenvalue weighted by molar-refractivity contribution is 5.00. The summed E-state index contributed by atoms with van der Waals surface area (Å²) < 4.78 is 11.7. The van der Waals surface area contributed by atoms with Gasteiger partial charge >= 0.3 is 0 Å². The molecule has 4 aliphatic carbocycles. The van der Waals surface area contributed by atoms with Crippen LogP contribution in [0.5, 0.6) is 0 Å². The Hall–Kier alpha value is -0.160. The fraction of sp³-hybridized carbons (Fsp3) is 1.00. The van der Waals surface area contributed by atoms with E-state index >= 15 is 0 Å². The molecule has 5 fully saturated rings. The minimum Gasteiger partial charge on any atom is -0.384 e. The third kappa shape index (κ3) is 2.04. The first kappa shape index (κ1) is 12.6. The average Bonchev–Trinajstić information content (AvgIpc) is 2.40. The summed E-state index contributed by atoms with van der Waals surface area (Å²) in [5.74, 6) is 4.11. The third-order valence-electron chi connectivity index (χ3n) is 6.03. The Balaban J connectivity index is 1.46. The van der Waals surface area contributed by atoms with E-state index in [1.54, 1.807) is 0 Å². The van der Waals surface area contributed by atoms with E-state index in [2.05, 4.69) is 0 Å². The number of ether oxygens (including phenoxy) is 2. The summed E-state index contributed by atoms with van der Waals surface area (Å²) in [4.78, 5) is 0. The first-order valence-corrected chi connectivity index (χ1v) is 7.82. The molecule has 5 rings (SSSR count). The number of rotatable bonds is 2. The second-order valence-electron chi connectivity index (χ2n) is 7.43. The number of nitrogens with two attached hydrogens (primary N) is 1. The zero-order chi connectivity index (χ0) is 13.0. The van der Waals surface area contributed by atoms with Gasteiger partial charge in [-0.05, 0) is 55.8 Å². The van der Waals surface area contributed by atoms with Gasteiger partial charge in [-0.25, -0.2) is 0 Å². The molecule has 4 saturated carbocycles. The first-order valence-electron chi connectivity index (χ1n) is 7.82. The van der Waals surface area contributed by atoms with Gasteiger partial charge in [0.2, 0.25) is 0 Å². The number of aliphatic hydroxyl groups is 1. The smallest absolute Gasteiger partial charge is 0.161 e. The van der Waals surface area contributed by atoms with Crippen molar-refractivity contribution in [1.29, 1.82) is 0 Å². The third-order valence-corrected chi connectivity index (χ3v) is 6.03. The second kappa shape index (κ2) is 4.42. The van der Waals surface area contributed by atoms with E-state index in [0.29, 0.717) is 19.1 Å². The molecule has 3 N–H and O–H groups in total. The Morgan fingerprint density at radius 3 is 1.95 bits per heavy atom. The Morgan fingerprint density at radius 2 is 1.47 bits per heavy atom. The molecule has 4 bridgehead atoms. The highest BCUT2D eigenvalue weighted by atomic mass is 16.7. The molecule has 0 atom stereocenters. The van der Waals surface area contributed by atoms with Crippen LogP contribution in [0.25, 0.3) is 0 Å². The minimum atomic E-state index is -0.970. The van der Waals surface area contributed by atoms with E-state index in [1.165, 1.54) is 32.1 Å². The van der Waals surface area contributed by atoms with Crippen LogP contribution in [0.4, 0.5) is 0 Å². The van der Waals surface area contributed by atoms with Crippen molar-refractivity contribution in [3.63, 3.8) is 0 Å². The molecule has 0 spiro atoms. The van der Waals surface area contributed by atoms with Crippen LogP contribution in [-0.4, -0.2) is 36.8 Å². The first-order chi connectivity index (χ1) is 9.17. The van der Waals surface area contributed by atoms with E-state index < -0.39 is 5.60 Å². The lowest BCUT2D eigenvalue weighted by molar-refractivity contribution is -0.291. The van der Waals surface area contributed by atoms with Gasteiger partial charge in [0, 0.05) is 12.5 Å². The average molecular weight is 267 g/mol. The molecule has 0 radical (unpaired) electrons. The van der Waals surface area contributed by atoms with Gasteiger partial charge in [0.1, 0.15) is 5.60 Å². The molecule has 0 aromatic heterocycles. The van der Waals surface area contributed by atoms with Crippen LogP contribution in [0.3, 0.4) is 0 Å². The Bertz CT molecular complexity index is 323. The zero-order valence-corrected chi connectivity index (χ0v) is 11.5. The molecule has 1 aliphatic heterocycles. The molecule has 0 aromatic rings. The molecule has 4 heteroatoms. The van der Waals surface area contributed by atoms with Crippen molar-refractivity contribution in [2.24, 2.45) is 35.3 Å². The zero-order valence-electron chi connectivity index (χ0n) is 11.5. The highest BCUT2D eigenvalue weighted by Gasteiger charge is 2.52. The van der Waals surface area contributed by atoms with Gasteiger partial charge in [-0.2, -0.15) is 0 Å². The molecule has 0 amide bonds. The number of hydrogen-bond donors (Lipinski definition) is 2. The van der Waals surface area contributed by atoms with E-state index in [0.717, 1.165) is 23.7 Å². The predicted molar refractivity (Wildman–Crippen MR) is 70.2 cm³/mol. The largest absolute Gasteiger partial charge is 0.384 e. The molecular weight excluding hydrogens is 242 g/mol. The maximum Gasteiger partial charge on any atom is 0.161 e. The lowest BCUT2D eigenvalue weighted by Gasteiger charge is -2.56.